The number of hydrogen-bond donors (Lipinski definition) is 1. The second kappa shape index (κ2) is 5.68. The maximum absolute atomic E-state index is 12.5. The Labute approximate surface area is 105 Å². The number of alkyl halides is 6. The van der Waals surface area contributed by atoms with Crippen LogP contribution in [0, 0.1) is 0 Å². The van der Waals surface area contributed by atoms with Crippen LogP contribution in [0.4, 0.5) is 26.3 Å². The van der Waals surface area contributed by atoms with Gasteiger partial charge in [-0.3, -0.25) is 0 Å². The second-order valence-corrected chi connectivity index (χ2v) is 3.78. The first-order valence-electron chi connectivity index (χ1n) is 5.20. The Morgan fingerprint density at radius 2 is 1.58 bits per heavy atom. The molecule has 1 atom stereocenters. The zero-order chi connectivity index (χ0) is 14.7. The Morgan fingerprint density at radius 3 is 1.95 bits per heavy atom. The van der Waals surface area contributed by atoms with Gasteiger partial charge in [0.1, 0.15) is 11.8 Å². The molecule has 1 rings (SSSR count). The van der Waals surface area contributed by atoms with Crippen molar-refractivity contribution in [2.24, 2.45) is 0 Å². The molecule has 8 heteroatoms. The molecule has 0 heterocycles. The quantitative estimate of drug-likeness (QED) is 0.858. The molecule has 108 valence electrons. The molecule has 0 amide bonds. The summed E-state index contributed by atoms with van der Waals surface area (Å²) in [7, 11) is 1.17. The molecule has 0 bridgehead atoms. The zero-order valence-electron chi connectivity index (χ0n) is 9.77. The summed E-state index contributed by atoms with van der Waals surface area (Å²) in [6.45, 7) is 0. The topological polar surface area (TPSA) is 21.3 Å². The van der Waals surface area contributed by atoms with Gasteiger partial charge in [-0.15, -0.1) is 13.2 Å². The van der Waals surface area contributed by atoms with E-state index < -0.39 is 24.3 Å². The van der Waals surface area contributed by atoms with Gasteiger partial charge in [-0.05, 0) is 31.2 Å². The predicted octanol–water partition coefficient (Wildman–Crippen LogP) is 3.28. The van der Waals surface area contributed by atoms with Gasteiger partial charge in [-0.2, -0.15) is 13.2 Å². The highest BCUT2D eigenvalue weighted by atomic mass is 19.4. The Bertz CT molecular complexity index is 397. The van der Waals surface area contributed by atoms with Gasteiger partial charge in [0.25, 0.3) is 0 Å². The van der Waals surface area contributed by atoms with E-state index in [4.69, 9.17) is 0 Å². The minimum absolute atomic E-state index is 0.256. The molecule has 1 aromatic carbocycles. The van der Waals surface area contributed by atoms with Crippen LogP contribution in [0.3, 0.4) is 0 Å². The summed E-state index contributed by atoms with van der Waals surface area (Å²) in [4.78, 5) is 0. The molecule has 0 saturated carbocycles. The molecule has 0 radical (unpaired) electrons. The fraction of sp³-hybridized carbons (Fsp3) is 0.455. The van der Waals surface area contributed by atoms with E-state index in [0.29, 0.717) is 0 Å². The molecule has 0 spiro atoms. The van der Waals surface area contributed by atoms with Gasteiger partial charge in [0.15, 0.2) is 0 Å². The third kappa shape index (κ3) is 5.37. The lowest BCUT2D eigenvalue weighted by Crippen LogP contribution is -2.41. The van der Waals surface area contributed by atoms with E-state index in [1.807, 2.05) is 0 Å². The number of likely N-dealkylation sites (N-methyl/N-ethyl adjacent to an activating group) is 1. The molecule has 1 unspecified atom stereocenters. The summed E-state index contributed by atoms with van der Waals surface area (Å²) < 4.78 is 76.7. The van der Waals surface area contributed by atoms with E-state index in [1.54, 1.807) is 0 Å². The Hall–Kier alpha value is -1.44. The predicted molar refractivity (Wildman–Crippen MR) is 55.7 cm³/mol. The lowest BCUT2D eigenvalue weighted by molar-refractivity contribution is -0.274. The van der Waals surface area contributed by atoms with E-state index >= 15 is 0 Å². The van der Waals surface area contributed by atoms with Gasteiger partial charge in [-0.25, -0.2) is 0 Å². The molecule has 19 heavy (non-hydrogen) atoms. The van der Waals surface area contributed by atoms with E-state index in [1.165, 1.54) is 7.05 Å². The van der Waals surface area contributed by atoms with Crippen molar-refractivity contribution in [1.82, 2.24) is 5.32 Å². The zero-order valence-corrected chi connectivity index (χ0v) is 9.77. The highest BCUT2D eigenvalue weighted by molar-refractivity contribution is 5.28. The van der Waals surface area contributed by atoms with Gasteiger partial charge in [-0.1, -0.05) is 12.1 Å². The highest BCUT2D eigenvalue weighted by Crippen LogP contribution is 2.25. The van der Waals surface area contributed by atoms with Crippen LogP contribution in [0.25, 0.3) is 0 Å². The summed E-state index contributed by atoms with van der Waals surface area (Å²) in [5.41, 5.74) is 0.256. The van der Waals surface area contributed by atoms with E-state index in [2.05, 4.69) is 10.1 Å². The summed E-state index contributed by atoms with van der Waals surface area (Å²) in [6.07, 6.45) is -9.61. The van der Waals surface area contributed by atoms with Crippen molar-refractivity contribution in [3.05, 3.63) is 29.8 Å². The summed E-state index contributed by atoms with van der Waals surface area (Å²) in [5, 5.41) is 2.11. The van der Waals surface area contributed by atoms with Crippen LogP contribution < -0.4 is 10.1 Å². The number of hydrogen-bond acceptors (Lipinski definition) is 2. The minimum Gasteiger partial charge on any atom is -0.406 e. The molecule has 1 aromatic rings. The molecule has 0 fully saturated rings. The number of nitrogens with one attached hydrogen (secondary N) is 1. The molecule has 0 saturated heterocycles. The number of ether oxygens (including phenoxy) is 1. The van der Waals surface area contributed by atoms with Crippen molar-refractivity contribution in [2.75, 3.05) is 7.05 Å². The van der Waals surface area contributed by atoms with Crippen LogP contribution in [-0.4, -0.2) is 25.6 Å². The van der Waals surface area contributed by atoms with Gasteiger partial charge >= 0.3 is 12.5 Å². The molecular weight excluding hydrogens is 276 g/mol. The van der Waals surface area contributed by atoms with Crippen LogP contribution in [0.15, 0.2) is 24.3 Å². The molecule has 0 aliphatic carbocycles. The van der Waals surface area contributed by atoms with Crippen molar-refractivity contribution < 1.29 is 31.1 Å². The van der Waals surface area contributed by atoms with Gasteiger partial charge < -0.3 is 10.1 Å². The molecule has 1 N–H and O–H groups in total. The normalized spacial score (nSPS) is 14.3. The standard InChI is InChI=1S/C11H11F6NO/c1-18-9(10(12,13)14)6-7-2-4-8(5-3-7)19-11(15,16)17/h2-5,9,18H,6H2,1H3. The van der Waals surface area contributed by atoms with Crippen molar-refractivity contribution in [1.29, 1.82) is 0 Å². The Morgan fingerprint density at radius 1 is 1.05 bits per heavy atom. The van der Waals surface area contributed by atoms with Crippen molar-refractivity contribution >= 4 is 0 Å². The average Bonchev–Trinajstić information content (AvgIpc) is 2.24. The molecule has 2 nitrogen and oxygen atoms in total. The van der Waals surface area contributed by atoms with E-state index in [0.717, 1.165) is 24.3 Å². The van der Waals surface area contributed by atoms with Gasteiger partial charge in [0, 0.05) is 0 Å². The maximum Gasteiger partial charge on any atom is 0.573 e. The average molecular weight is 287 g/mol. The Kier molecular flexibility index (Phi) is 4.67. The van der Waals surface area contributed by atoms with E-state index in [-0.39, 0.29) is 12.0 Å². The number of benzene rings is 1. The monoisotopic (exact) mass is 287 g/mol. The first kappa shape index (κ1) is 15.6. The molecule has 0 aliphatic heterocycles. The molecule has 0 aromatic heterocycles. The third-order valence-electron chi connectivity index (χ3n) is 2.34. The lowest BCUT2D eigenvalue weighted by Gasteiger charge is -2.19. The Balaban J connectivity index is 2.71. The van der Waals surface area contributed by atoms with Crippen LogP contribution in [0.1, 0.15) is 5.56 Å². The van der Waals surface area contributed by atoms with Crippen LogP contribution in [-0.2, 0) is 6.42 Å². The largest absolute Gasteiger partial charge is 0.573 e. The third-order valence-corrected chi connectivity index (χ3v) is 2.34. The van der Waals surface area contributed by atoms with Crippen LogP contribution in [0.5, 0.6) is 5.75 Å². The van der Waals surface area contributed by atoms with Crippen molar-refractivity contribution in [3.8, 4) is 5.75 Å². The van der Waals surface area contributed by atoms with Crippen molar-refractivity contribution in [2.45, 2.75) is 25.0 Å². The second-order valence-electron chi connectivity index (χ2n) is 3.78. The SMILES string of the molecule is CNC(Cc1ccc(OC(F)(F)F)cc1)C(F)(F)F. The number of rotatable bonds is 4. The maximum atomic E-state index is 12.5. The van der Waals surface area contributed by atoms with Crippen molar-refractivity contribution in [3.63, 3.8) is 0 Å². The summed E-state index contributed by atoms with van der Waals surface area (Å²) in [6, 6.07) is 2.54. The van der Waals surface area contributed by atoms with Gasteiger partial charge in [0.2, 0.25) is 0 Å². The smallest absolute Gasteiger partial charge is 0.406 e. The fourth-order valence-corrected chi connectivity index (χ4v) is 1.44. The van der Waals surface area contributed by atoms with Crippen LogP contribution >= 0.6 is 0 Å². The first-order chi connectivity index (χ1) is 8.62. The lowest BCUT2D eigenvalue weighted by atomic mass is 10.1. The summed E-state index contributed by atoms with van der Waals surface area (Å²) in [5.74, 6) is -0.468. The van der Waals surface area contributed by atoms with Gasteiger partial charge in [0.05, 0.1) is 0 Å². The molecule has 0 aliphatic rings. The minimum atomic E-state index is -4.82. The fourth-order valence-electron chi connectivity index (χ4n) is 1.44. The highest BCUT2D eigenvalue weighted by Gasteiger charge is 2.38. The molecular formula is C11H11F6NO. The number of halogens is 6. The van der Waals surface area contributed by atoms with Crippen LogP contribution in [0.2, 0.25) is 0 Å². The van der Waals surface area contributed by atoms with E-state index in [9.17, 15) is 26.3 Å². The summed E-state index contributed by atoms with van der Waals surface area (Å²) >= 11 is 0. The first-order valence-corrected chi connectivity index (χ1v) is 5.20.